The Hall–Kier alpha value is -4.76. The number of anilines is 1. The van der Waals surface area contributed by atoms with Crippen molar-refractivity contribution in [3.63, 3.8) is 0 Å². The molecule has 2 rings (SSSR count). The number of carbonyl (C=O) groups excluding carboxylic acids is 1. The predicted octanol–water partition coefficient (Wildman–Crippen LogP) is 5.52. The summed E-state index contributed by atoms with van der Waals surface area (Å²) in [6, 6.07) is 9.41. The molecule has 0 aliphatic rings. The third-order valence-corrected chi connectivity index (χ3v) is 4.77. The number of halogens is 7. The lowest BCUT2D eigenvalue weighted by atomic mass is 10.0. The molecule has 0 unspecified atom stereocenters. The zero-order valence-electron chi connectivity index (χ0n) is 21.3. The van der Waals surface area contributed by atoms with Crippen LogP contribution in [0.2, 0.25) is 0 Å². The molecule has 0 spiro atoms. The van der Waals surface area contributed by atoms with Gasteiger partial charge < -0.3 is 29.7 Å². The first-order chi connectivity index (χ1) is 18.9. The summed E-state index contributed by atoms with van der Waals surface area (Å²) >= 11 is 0. The van der Waals surface area contributed by atoms with E-state index in [4.69, 9.17) is 24.4 Å². The monoisotopic (exact) mass is 597 g/mol. The van der Waals surface area contributed by atoms with Crippen LogP contribution >= 0.6 is 0 Å². The SMILES string of the molecule is COc1cc(C=CC(=O)Nc2cccc(C(=O)O)c2)cc(OC)c1OC.O=C(O)C=CC(F)(C(F)(F)F)C(F)(F)F. The minimum atomic E-state index is -6.27. The molecule has 9 nitrogen and oxygen atoms in total. The highest BCUT2D eigenvalue weighted by atomic mass is 19.4. The van der Waals surface area contributed by atoms with Gasteiger partial charge in [-0.25, -0.2) is 14.0 Å². The van der Waals surface area contributed by atoms with E-state index in [-0.39, 0.29) is 5.56 Å². The Labute approximate surface area is 227 Å². The maximum absolute atomic E-state index is 12.6. The van der Waals surface area contributed by atoms with Crippen LogP contribution in [0.1, 0.15) is 15.9 Å². The first kappa shape index (κ1) is 34.3. The number of benzene rings is 2. The molecule has 0 bridgehead atoms. The van der Waals surface area contributed by atoms with Crippen LogP contribution in [0.4, 0.5) is 36.4 Å². The minimum absolute atomic E-state index is 0.0939. The average molecular weight is 597 g/mol. The molecule has 0 aromatic heterocycles. The van der Waals surface area contributed by atoms with Crippen LogP contribution in [0.5, 0.6) is 17.2 Å². The van der Waals surface area contributed by atoms with Crippen molar-refractivity contribution in [1.82, 2.24) is 0 Å². The van der Waals surface area contributed by atoms with Gasteiger partial charge in [-0.3, -0.25) is 4.79 Å². The summed E-state index contributed by atoms with van der Waals surface area (Å²) in [4.78, 5) is 32.7. The van der Waals surface area contributed by atoms with Crippen LogP contribution in [0.25, 0.3) is 6.08 Å². The molecule has 0 heterocycles. The second-order valence-corrected chi connectivity index (χ2v) is 7.55. The molecule has 0 saturated carbocycles. The van der Waals surface area contributed by atoms with E-state index in [1.165, 1.54) is 39.5 Å². The minimum Gasteiger partial charge on any atom is -0.493 e. The summed E-state index contributed by atoms with van der Waals surface area (Å²) in [5.74, 6) is -2.18. The number of carboxylic acids is 2. The summed E-state index contributed by atoms with van der Waals surface area (Å²) in [7, 11) is 4.52. The molecule has 0 aliphatic carbocycles. The van der Waals surface area contributed by atoms with E-state index in [1.807, 2.05) is 0 Å². The molecular formula is C25H22F7NO8. The Morgan fingerprint density at radius 2 is 1.34 bits per heavy atom. The molecule has 41 heavy (non-hydrogen) atoms. The molecule has 2 aromatic rings. The number of carbonyl (C=O) groups is 3. The number of hydrogen-bond donors (Lipinski definition) is 3. The van der Waals surface area contributed by atoms with Crippen LogP contribution < -0.4 is 19.5 Å². The lowest BCUT2D eigenvalue weighted by molar-refractivity contribution is -0.322. The maximum atomic E-state index is 12.6. The quantitative estimate of drug-likeness (QED) is 0.254. The summed E-state index contributed by atoms with van der Waals surface area (Å²) in [6.07, 6.45) is -11.3. The predicted molar refractivity (Wildman–Crippen MR) is 130 cm³/mol. The number of aliphatic carboxylic acids is 1. The van der Waals surface area contributed by atoms with E-state index in [2.05, 4.69) is 5.32 Å². The lowest BCUT2D eigenvalue weighted by Gasteiger charge is -2.26. The Morgan fingerprint density at radius 3 is 1.76 bits per heavy atom. The van der Waals surface area contributed by atoms with Gasteiger partial charge in [0, 0.05) is 17.8 Å². The van der Waals surface area contributed by atoms with Crippen molar-refractivity contribution in [1.29, 1.82) is 0 Å². The van der Waals surface area contributed by atoms with E-state index < -0.39 is 48.0 Å². The summed E-state index contributed by atoms with van der Waals surface area (Å²) in [6.45, 7) is 0. The van der Waals surface area contributed by atoms with Gasteiger partial charge in [0.05, 0.1) is 26.9 Å². The Morgan fingerprint density at radius 1 is 0.805 bits per heavy atom. The highest BCUT2D eigenvalue weighted by Gasteiger charge is 2.71. The van der Waals surface area contributed by atoms with Crippen LogP contribution in [0.3, 0.4) is 0 Å². The van der Waals surface area contributed by atoms with Crippen molar-refractivity contribution in [3.8, 4) is 17.2 Å². The number of nitrogens with one attached hydrogen (secondary N) is 1. The molecule has 0 atom stereocenters. The van der Waals surface area contributed by atoms with E-state index in [9.17, 15) is 45.1 Å². The number of carboxylic acid groups (broad SMARTS) is 2. The molecule has 1 amide bonds. The van der Waals surface area contributed by atoms with Gasteiger partial charge in [-0.2, -0.15) is 26.3 Å². The molecule has 2 aromatic carbocycles. The smallest absolute Gasteiger partial charge is 0.435 e. The van der Waals surface area contributed by atoms with Crippen molar-refractivity contribution in [2.24, 2.45) is 0 Å². The fourth-order valence-electron chi connectivity index (χ4n) is 2.82. The van der Waals surface area contributed by atoms with E-state index in [0.717, 1.165) is 0 Å². The highest BCUT2D eigenvalue weighted by Crippen LogP contribution is 2.47. The van der Waals surface area contributed by atoms with E-state index in [0.29, 0.717) is 28.5 Å². The standard InChI is InChI=1S/C19H19NO6.C6H3F7O2/c1-24-15-9-12(10-16(25-2)18(15)26-3)7-8-17(21)20-14-6-4-5-13(11-14)19(22)23;7-4(5(8,9)10,6(11,12)13)2-1-3(14)15/h4-11H,1-3H3,(H,20,21)(H,22,23);1-2H,(H,14,15). The number of methoxy groups -OCH3 is 3. The fraction of sp³-hybridized carbons (Fsp3) is 0.240. The number of alkyl halides is 7. The van der Waals surface area contributed by atoms with Gasteiger partial charge in [0.2, 0.25) is 11.7 Å². The molecule has 0 radical (unpaired) electrons. The number of aromatic carboxylic acids is 1. The second kappa shape index (κ2) is 14.0. The fourth-order valence-corrected chi connectivity index (χ4v) is 2.82. The van der Waals surface area contributed by atoms with Crippen molar-refractivity contribution in [3.05, 3.63) is 65.8 Å². The third-order valence-electron chi connectivity index (χ3n) is 4.77. The van der Waals surface area contributed by atoms with Crippen LogP contribution in [0.15, 0.2) is 54.6 Å². The van der Waals surface area contributed by atoms with Gasteiger partial charge in [-0.15, -0.1) is 0 Å². The summed E-state index contributed by atoms with van der Waals surface area (Å²) in [5, 5.41) is 19.4. The van der Waals surface area contributed by atoms with Gasteiger partial charge >= 0.3 is 30.0 Å². The van der Waals surface area contributed by atoms with Crippen LogP contribution in [-0.4, -0.2) is 67.4 Å². The van der Waals surface area contributed by atoms with E-state index in [1.54, 1.807) is 30.3 Å². The molecule has 224 valence electrons. The zero-order chi connectivity index (χ0) is 31.6. The topological polar surface area (TPSA) is 131 Å². The molecule has 0 saturated heterocycles. The zero-order valence-corrected chi connectivity index (χ0v) is 21.3. The Balaban J connectivity index is 0.000000479. The molecular weight excluding hydrogens is 575 g/mol. The number of rotatable bonds is 9. The number of allylic oxidation sites excluding steroid dienone is 1. The molecule has 16 heteroatoms. The third kappa shape index (κ3) is 9.44. The normalized spacial score (nSPS) is 12.0. The molecule has 3 N–H and O–H groups in total. The summed E-state index contributed by atoms with van der Waals surface area (Å²) < 4.78 is 98.6. The van der Waals surface area contributed by atoms with Crippen LogP contribution in [0, 0.1) is 0 Å². The number of ether oxygens (including phenoxy) is 3. The van der Waals surface area contributed by atoms with Gasteiger partial charge in [0.15, 0.2) is 11.5 Å². The van der Waals surface area contributed by atoms with Crippen molar-refractivity contribution >= 4 is 29.6 Å². The first-order valence-corrected chi connectivity index (χ1v) is 10.8. The van der Waals surface area contributed by atoms with Gasteiger partial charge in [-0.1, -0.05) is 6.07 Å². The average Bonchev–Trinajstić information content (AvgIpc) is 2.88. The van der Waals surface area contributed by atoms with Crippen LogP contribution in [-0.2, 0) is 9.59 Å². The van der Waals surface area contributed by atoms with Crippen molar-refractivity contribution in [2.75, 3.05) is 26.6 Å². The van der Waals surface area contributed by atoms with Gasteiger partial charge in [-0.05, 0) is 48.0 Å². The van der Waals surface area contributed by atoms with Gasteiger partial charge in [0.25, 0.3) is 0 Å². The van der Waals surface area contributed by atoms with Crippen molar-refractivity contribution in [2.45, 2.75) is 18.0 Å². The number of hydrogen-bond acceptors (Lipinski definition) is 6. The maximum Gasteiger partial charge on any atom is 0.435 e. The first-order valence-electron chi connectivity index (χ1n) is 10.8. The Kier molecular flexibility index (Phi) is 11.7. The van der Waals surface area contributed by atoms with Gasteiger partial charge in [0.1, 0.15) is 0 Å². The summed E-state index contributed by atoms with van der Waals surface area (Å²) in [5.41, 5.74) is -4.49. The lowest BCUT2D eigenvalue weighted by Crippen LogP contribution is -2.51. The molecule has 0 aliphatic heterocycles. The second-order valence-electron chi connectivity index (χ2n) is 7.55. The highest BCUT2D eigenvalue weighted by molar-refractivity contribution is 6.02. The van der Waals surface area contributed by atoms with Crippen molar-refractivity contribution < 1.29 is 69.5 Å². The Bertz CT molecular complexity index is 1260. The largest absolute Gasteiger partial charge is 0.493 e. The number of amides is 1. The molecule has 0 fully saturated rings. The van der Waals surface area contributed by atoms with E-state index >= 15 is 0 Å².